The number of hydrogen-bond donors (Lipinski definition) is 2. The SMILES string of the molecule is CCOC(=O)CN(Cc1cn(CCOCCOCCNC(=O)OC(C)(C)C)nn1)C(=O)Cn1cnc2nc[nH]c2/c1=N\C(=O)OCc1ccccc1. The molecule has 0 saturated heterocycles. The quantitative estimate of drug-likeness (QED) is 0.0850. The van der Waals surface area contributed by atoms with Crippen molar-refractivity contribution in [1.82, 2.24) is 44.7 Å². The minimum Gasteiger partial charge on any atom is -0.465 e. The molecule has 0 aliphatic heterocycles. The summed E-state index contributed by atoms with van der Waals surface area (Å²) in [6, 6.07) is 9.12. The fourth-order valence-corrected chi connectivity index (χ4v) is 4.52. The summed E-state index contributed by atoms with van der Waals surface area (Å²) in [5.41, 5.74) is 1.29. The molecule has 0 aliphatic carbocycles. The number of nitrogens with zero attached hydrogens (tertiary/aromatic N) is 8. The molecular formula is C33H44N10O9. The number of hydrogen-bond acceptors (Lipinski definition) is 13. The van der Waals surface area contributed by atoms with Gasteiger partial charge in [0.25, 0.3) is 0 Å². The first-order valence-corrected chi connectivity index (χ1v) is 16.6. The van der Waals surface area contributed by atoms with Crippen molar-refractivity contribution in [2.75, 3.05) is 46.1 Å². The molecule has 0 saturated carbocycles. The molecule has 19 heteroatoms. The molecule has 3 amide bonds. The Labute approximate surface area is 299 Å². The van der Waals surface area contributed by atoms with Crippen LogP contribution in [0.25, 0.3) is 11.2 Å². The van der Waals surface area contributed by atoms with Crippen LogP contribution in [0.4, 0.5) is 9.59 Å². The maximum atomic E-state index is 13.7. The van der Waals surface area contributed by atoms with Gasteiger partial charge in [0.15, 0.2) is 11.1 Å². The molecule has 0 unspecified atom stereocenters. The largest absolute Gasteiger partial charge is 0.465 e. The maximum Gasteiger partial charge on any atom is 0.435 e. The van der Waals surface area contributed by atoms with Crippen LogP contribution in [0.5, 0.6) is 0 Å². The fraction of sp³-hybridized carbons (Fsp3) is 0.485. The van der Waals surface area contributed by atoms with Gasteiger partial charge in [-0.2, -0.15) is 4.99 Å². The molecule has 1 aromatic carbocycles. The lowest BCUT2D eigenvalue weighted by atomic mass is 10.2. The molecular weight excluding hydrogens is 680 g/mol. The van der Waals surface area contributed by atoms with Gasteiger partial charge in [-0.25, -0.2) is 24.2 Å². The highest BCUT2D eigenvalue weighted by molar-refractivity contribution is 5.82. The van der Waals surface area contributed by atoms with Crippen molar-refractivity contribution in [2.24, 2.45) is 4.99 Å². The number of esters is 1. The van der Waals surface area contributed by atoms with Crippen LogP contribution in [0.1, 0.15) is 39.0 Å². The summed E-state index contributed by atoms with van der Waals surface area (Å²) in [5.74, 6) is -1.12. The molecule has 0 bridgehead atoms. The van der Waals surface area contributed by atoms with Crippen molar-refractivity contribution >= 4 is 35.2 Å². The number of H-pyrrole nitrogens is 1. The number of amides is 3. The molecule has 4 aromatic rings. The second-order valence-electron chi connectivity index (χ2n) is 12.1. The first-order valence-electron chi connectivity index (χ1n) is 16.6. The monoisotopic (exact) mass is 724 g/mol. The smallest absolute Gasteiger partial charge is 0.435 e. The van der Waals surface area contributed by atoms with Crippen molar-refractivity contribution < 1.29 is 42.9 Å². The van der Waals surface area contributed by atoms with Gasteiger partial charge in [-0.05, 0) is 33.3 Å². The molecule has 3 heterocycles. The molecule has 0 atom stereocenters. The average Bonchev–Trinajstić information content (AvgIpc) is 3.77. The van der Waals surface area contributed by atoms with E-state index in [2.05, 4.69) is 35.6 Å². The number of ether oxygens (including phenoxy) is 5. The minimum atomic E-state index is -0.878. The topological polar surface area (TPSA) is 219 Å². The fourth-order valence-electron chi connectivity index (χ4n) is 4.52. The number of carbonyl (C=O) groups is 4. The van der Waals surface area contributed by atoms with Crippen LogP contribution >= 0.6 is 0 Å². The third-order valence-electron chi connectivity index (χ3n) is 6.81. The zero-order valence-corrected chi connectivity index (χ0v) is 29.6. The number of alkyl carbamates (subject to hydrolysis) is 1. The molecule has 0 aliphatic rings. The van der Waals surface area contributed by atoms with Gasteiger partial charge < -0.3 is 43.5 Å². The summed E-state index contributed by atoms with van der Waals surface area (Å²) < 4.78 is 29.6. The van der Waals surface area contributed by atoms with Crippen LogP contribution in [0, 0.1) is 0 Å². The standard InChI is InChI=1S/C33H44N10O9/c1-5-50-27(45)20-41(17-25-18-43(40-39-25)12-14-49-16-15-48-13-11-34-31(46)52-33(2,3)4)26(44)19-42-23-37-29-28(35-22-36-29)30(42)38-32(47)51-21-24-9-7-6-8-10-24/h6-10,18,22-23H,5,11-17,19-21H2,1-4H3,(H,34,46)(H,35,36)/b38-30+. The highest BCUT2D eigenvalue weighted by atomic mass is 16.6. The summed E-state index contributed by atoms with van der Waals surface area (Å²) in [4.78, 5) is 67.2. The third-order valence-corrected chi connectivity index (χ3v) is 6.81. The van der Waals surface area contributed by atoms with Crippen molar-refractivity contribution in [3.63, 3.8) is 0 Å². The van der Waals surface area contributed by atoms with Gasteiger partial charge in [0.1, 0.15) is 36.5 Å². The van der Waals surface area contributed by atoms with Gasteiger partial charge in [0, 0.05) is 6.54 Å². The molecule has 2 N–H and O–H groups in total. The van der Waals surface area contributed by atoms with E-state index in [1.54, 1.807) is 38.6 Å². The van der Waals surface area contributed by atoms with E-state index in [-0.39, 0.29) is 44.0 Å². The van der Waals surface area contributed by atoms with Crippen LogP contribution in [-0.2, 0) is 59.5 Å². The summed E-state index contributed by atoms with van der Waals surface area (Å²) in [6.45, 7) is 8.36. The summed E-state index contributed by atoms with van der Waals surface area (Å²) in [6.07, 6.45) is 2.98. The number of imidazole rings is 1. The number of rotatable bonds is 18. The van der Waals surface area contributed by atoms with Gasteiger partial charge in [0.05, 0.1) is 65.0 Å². The number of benzene rings is 1. The lowest BCUT2D eigenvalue weighted by Crippen LogP contribution is -2.40. The molecule has 52 heavy (non-hydrogen) atoms. The lowest BCUT2D eigenvalue weighted by Gasteiger charge is -2.21. The normalized spacial score (nSPS) is 11.7. The predicted molar refractivity (Wildman–Crippen MR) is 182 cm³/mol. The Kier molecular flexibility index (Phi) is 14.8. The molecule has 0 fully saturated rings. The number of fused-ring (bicyclic) bond motifs is 1. The molecule has 0 spiro atoms. The van der Waals surface area contributed by atoms with Gasteiger partial charge in [-0.15, -0.1) is 5.10 Å². The molecule has 0 radical (unpaired) electrons. The molecule has 280 valence electrons. The predicted octanol–water partition coefficient (Wildman–Crippen LogP) is 1.74. The molecule has 3 aromatic heterocycles. The number of aromatic nitrogens is 7. The van der Waals surface area contributed by atoms with E-state index in [1.807, 2.05) is 30.3 Å². The van der Waals surface area contributed by atoms with Crippen LogP contribution in [0.3, 0.4) is 0 Å². The Morgan fingerprint density at radius 3 is 2.52 bits per heavy atom. The van der Waals surface area contributed by atoms with E-state index in [4.69, 9.17) is 23.7 Å². The first-order chi connectivity index (χ1) is 25.0. The number of nitrogens with one attached hydrogen (secondary N) is 2. The van der Waals surface area contributed by atoms with Gasteiger partial charge in [0.2, 0.25) is 5.91 Å². The molecule has 19 nitrogen and oxygen atoms in total. The lowest BCUT2D eigenvalue weighted by molar-refractivity contribution is -0.149. The summed E-state index contributed by atoms with van der Waals surface area (Å²) in [7, 11) is 0. The van der Waals surface area contributed by atoms with E-state index in [0.717, 1.165) is 5.56 Å². The Morgan fingerprint density at radius 2 is 1.77 bits per heavy atom. The number of aromatic amines is 1. The van der Waals surface area contributed by atoms with E-state index >= 15 is 0 Å². The number of carbonyl (C=O) groups excluding carboxylic acids is 4. The Morgan fingerprint density at radius 1 is 1.00 bits per heavy atom. The zero-order chi connectivity index (χ0) is 37.3. The van der Waals surface area contributed by atoms with Gasteiger partial charge in [-0.3, -0.25) is 9.59 Å². The Bertz CT molecular complexity index is 1830. The van der Waals surface area contributed by atoms with Crippen molar-refractivity contribution in [3.8, 4) is 0 Å². The highest BCUT2D eigenvalue weighted by Crippen LogP contribution is 2.08. The second-order valence-corrected chi connectivity index (χ2v) is 12.1. The zero-order valence-electron chi connectivity index (χ0n) is 29.6. The Hall–Kier alpha value is -5.69. The summed E-state index contributed by atoms with van der Waals surface area (Å²) >= 11 is 0. The third kappa shape index (κ3) is 13.2. The van der Waals surface area contributed by atoms with E-state index in [0.29, 0.717) is 50.7 Å². The summed E-state index contributed by atoms with van der Waals surface area (Å²) in [5, 5.41) is 10.9. The second kappa shape index (κ2) is 19.6. The molecule has 4 rings (SSSR count). The van der Waals surface area contributed by atoms with E-state index in [9.17, 15) is 19.2 Å². The van der Waals surface area contributed by atoms with Gasteiger partial charge in [-0.1, -0.05) is 35.5 Å². The average molecular weight is 725 g/mol. The van der Waals surface area contributed by atoms with Crippen LogP contribution in [-0.4, -0.2) is 115 Å². The van der Waals surface area contributed by atoms with Crippen LogP contribution in [0.15, 0.2) is 54.2 Å². The van der Waals surface area contributed by atoms with Gasteiger partial charge >= 0.3 is 18.2 Å². The maximum absolute atomic E-state index is 13.7. The Balaban J connectivity index is 1.32. The van der Waals surface area contributed by atoms with Crippen molar-refractivity contribution in [3.05, 3.63) is 65.9 Å². The van der Waals surface area contributed by atoms with Crippen molar-refractivity contribution in [2.45, 2.75) is 59.5 Å². The van der Waals surface area contributed by atoms with Crippen molar-refractivity contribution in [1.29, 1.82) is 0 Å². The van der Waals surface area contributed by atoms with E-state index < -0.39 is 29.7 Å². The first kappa shape index (κ1) is 39.1. The van der Waals surface area contributed by atoms with Crippen LogP contribution in [0.2, 0.25) is 0 Å². The minimum absolute atomic E-state index is 0.00445. The highest BCUT2D eigenvalue weighted by Gasteiger charge is 2.22. The van der Waals surface area contributed by atoms with Crippen LogP contribution < -0.4 is 10.8 Å². The van der Waals surface area contributed by atoms with E-state index in [1.165, 1.54) is 22.1 Å².